The molecule has 2 bridgehead atoms. The van der Waals surface area contributed by atoms with Gasteiger partial charge in [0.25, 0.3) is 0 Å². The highest BCUT2D eigenvalue weighted by Crippen LogP contribution is 2.36. The molecular weight excluding hydrogens is 278 g/mol. The van der Waals surface area contributed by atoms with Crippen LogP contribution in [0.1, 0.15) is 49.3 Å². The summed E-state index contributed by atoms with van der Waals surface area (Å²) in [5.74, 6) is 3.58. The standard InChI is InChI=1S/C17H21N3O2/c1-2-12-8-10(7-11(1)18-12)9-15-19-13-3-4-14-17(16(13)20-15)22-6-5-21-14/h5-6,10-12,18H,1-4,7-9H2,(H,19,20). The molecule has 3 aliphatic heterocycles. The second-order valence-corrected chi connectivity index (χ2v) is 6.95. The van der Waals surface area contributed by atoms with E-state index in [1.54, 1.807) is 12.5 Å². The molecule has 5 heteroatoms. The summed E-state index contributed by atoms with van der Waals surface area (Å²) in [5, 5.41) is 3.71. The second kappa shape index (κ2) is 4.88. The zero-order valence-electron chi connectivity index (χ0n) is 12.6. The van der Waals surface area contributed by atoms with Crippen LogP contribution >= 0.6 is 0 Å². The minimum absolute atomic E-state index is 0.739. The monoisotopic (exact) mass is 299 g/mol. The third kappa shape index (κ3) is 2.07. The van der Waals surface area contributed by atoms with Crippen molar-refractivity contribution in [2.24, 2.45) is 5.92 Å². The molecule has 4 heterocycles. The lowest BCUT2D eigenvalue weighted by molar-refractivity contribution is 0.260. The van der Waals surface area contributed by atoms with Gasteiger partial charge in [0.15, 0.2) is 5.76 Å². The van der Waals surface area contributed by atoms with E-state index in [0.29, 0.717) is 0 Å². The number of allylic oxidation sites excluding steroid dienone is 1. The number of nitrogens with zero attached hydrogens (tertiary/aromatic N) is 1. The van der Waals surface area contributed by atoms with Gasteiger partial charge in [-0.15, -0.1) is 0 Å². The first kappa shape index (κ1) is 12.8. The fourth-order valence-electron chi connectivity index (χ4n) is 4.47. The minimum atomic E-state index is 0.739. The fourth-order valence-corrected chi connectivity index (χ4v) is 4.47. The molecule has 2 unspecified atom stereocenters. The van der Waals surface area contributed by atoms with Gasteiger partial charge in [0.1, 0.15) is 29.8 Å². The number of ether oxygens (including phenoxy) is 2. The van der Waals surface area contributed by atoms with Crippen LogP contribution in [0, 0.1) is 5.92 Å². The Kier molecular flexibility index (Phi) is 2.83. The average Bonchev–Trinajstić information content (AvgIpc) is 3.10. The van der Waals surface area contributed by atoms with Gasteiger partial charge in [-0.25, -0.2) is 4.98 Å². The summed E-state index contributed by atoms with van der Waals surface area (Å²) in [6.45, 7) is 0. The largest absolute Gasteiger partial charge is 0.462 e. The molecule has 1 aromatic heterocycles. The highest BCUT2D eigenvalue weighted by atomic mass is 16.5. The van der Waals surface area contributed by atoms with Crippen LogP contribution in [-0.4, -0.2) is 22.1 Å². The van der Waals surface area contributed by atoms with Crippen LogP contribution in [0.5, 0.6) is 0 Å². The third-order valence-corrected chi connectivity index (χ3v) is 5.40. The number of aromatic nitrogens is 2. The second-order valence-electron chi connectivity index (χ2n) is 6.95. The van der Waals surface area contributed by atoms with Gasteiger partial charge >= 0.3 is 0 Å². The summed E-state index contributed by atoms with van der Waals surface area (Å²) in [6.07, 6.45) is 11.4. The summed E-state index contributed by atoms with van der Waals surface area (Å²) in [7, 11) is 0. The quantitative estimate of drug-likeness (QED) is 0.881. The number of hydrogen-bond acceptors (Lipinski definition) is 4. The molecule has 2 saturated heterocycles. The zero-order chi connectivity index (χ0) is 14.5. The molecule has 5 nitrogen and oxygen atoms in total. The van der Waals surface area contributed by atoms with E-state index in [1.807, 2.05) is 0 Å². The molecule has 5 rings (SSSR count). The van der Waals surface area contributed by atoms with Crippen LogP contribution < -0.4 is 5.32 Å². The van der Waals surface area contributed by atoms with Crippen LogP contribution in [0.3, 0.4) is 0 Å². The molecule has 0 spiro atoms. The van der Waals surface area contributed by atoms with Crippen LogP contribution in [0.15, 0.2) is 18.3 Å². The van der Waals surface area contributed by atoms with Gasteiger partial charge < -0.3 is 19.8 Å². The van der Waals surface area contributed by atoms with Crippen molar-refractivity contribution in [2.75, 3.05) is 0 Å². The summed E-state index contributed by atoms with van der Waals surface area (Å²) in [4.78, 5) is 8.37. The lowest BCUT2D eigenvalue weighted by Gasteiger charge is -2.28. The molecule has 0 amide bonds. The van der Waals surface area contributed by atoms with E-state index >= 15 is 0 Å². The van der Waals surface area contributed by atoms with Gasteiger partial charge in [-0.1, -0.05) is 0 Å². The first-order chi connectivity index (χ1) is 10.8. The van der Waals surface area contributed by atoms with Gasteiger partial charge in [0.05, 0.1) is 0 Å². The first-order valence-corrected chi connectivity index (χ1v) is 8.41. The fraction of sp³-hybridized carbons (Fsp3) is 0.588. The van der Waals surface area contributed by atoms with Crippen molar-refractivity contribution in [1.82, 2.24) is 15.3 Å². The molecular formula is C17H21N3O2. The average molecular weight is 299 g/mol. The third-order valence-electron chi connectivity index (χ3n) is 5.40. The Morgan fingerprint density at radius 1 is 1.09 bits per heavy atom. The van der Waals surface area contributed by atoms with Crippen molar-refractivity contribution in [3.63, 3.8) is 0 Å². The van der Waals surface area contributed by atoms with Gasteiger partial charge in [0, 0.05) is 30.6 Å². The zero-order valence-corrected chi connectivity index (χ0v) is 12.6. The molecule has 4 aliphatic rings. The van der Waals surface area contributed by atoms with E-state index in [-0.39, 0.29) is 0 Å². The Morgan fingerprint density at radius 2 is 1.91 bits per heavy atom. The maximum absolute atomic E-state index is 5.64. The van der Waals surface area contributed by atoms with Gasteiger partial charge in [0.2, 0.25) is 0 Å². The number of fused-ring (bicyclic) bond motifs is 4. The van der Waals surface area contributed by atoms with E-state index in [0.717, 1.165) is 60.3 Å². The molecule has 2 atom stereocenters. The highest BCUT2D eigenvalue weighted by molar-refractivity contribution is 5.64. The minimum Gasteiger partial charge on any atom is -0.462 e. The van der Waals surface area contributed by atoms with Crippen molar-refractivity contribution in [2.45, 2.75) is 57.0 Å². The summed E-state index contributed by atoms with van der Waals surface area (Å²) >= 11 is 0. The van der Waals surface area contributed by atoms with E-state index in [9.17, 15) is 0 Å². The Morgan fingerprint density at radius 3 is 2.77 bits per heavy atom. The molecule has 1 aliphatic carbocycles. The maximum Gasteiger partial charge on any atom is 0.192 e. The molecule has 116 valence electrons. The van der Waals surface area contributed by atoms with E-state index in [2.05, 4.69) is 10.3 Å². The first-order valence-electron chi connectivity index (χ1n) is 8.41. The van der Waals surface area contributed by atoms with E-state index in [4.69, 9.17) is 14.5 Å². The number of nitrogens with one attached hydrogen (secondary N) is 2. The molecule has 0 aromatic carbocycles. The number of piperidine rings is 1. The van der Waals surface area contributed by atoms with E-state index < -0.39 is 0 Å². The predicted octanol–water partition coefficient (Wildman–Crippen LogP) is 2.62. The van der Waals surface area contributed by atoms with Crippen molar-refractivity contribution < 1.29 is 9.47 Å². The summed E-state index contributed by atoms with van der Waals surface area (Å²) < 4.78 is 11.2. The lowest BCUT2D eigenvalue weighted by Crippen LogP contribution is -2.38. The number of rotatable bonds is 2. The summed E-state index contributed by atoms with van der Waals surface area (Å²) in [6, 6.07) is 1.48. The Hall–Kier alpha value is -1.75. The van der Waals surface area contributed by atoms with Gasteiger partial charge in [-0.05, 0) is 38.0 Å². The van der Waals surface area contributed by atoms with Gasteiger partial charge in [-0.3, -0.25) is 0 Å². The maximum atomic E-state index is 5.64. The predicted molar refractivity (Wildman–Crippen MR) is 81.5 cm³/mol. The summed E-state index contributed by atoms with van der Waals surface area (Å²) in [5.41, 5.74) is 2.15. The number of H-pyrrole nitrogens is 1. The molecule has 0 radical (unpaired) electrons. The number of hydrogen-bond donors (Lipinski definition) is 2. The molecule has 22 heavy (non-hydrogen) atoms. The molecule has 2 fully saturated rings. The Labute approximate surface area is 129 Å². The van der Waals surface area contributed by atoms with Crippen molar-refractivity contribution in [3.8, 4) is 0 Å². The Bertz CT molecular complexity index is 649. The van der Waals surface area contributed by atoms with Crippen molar-refractivity contribution in [3.05, 3.63) is 35.5 Å². The smallest absolute Gasteiger partial charge is 0.192 e. The number of aromatic amines is 1. The van der Waals surface area contributed by atoms with Crippen LogP contribution in [-0.2, 0) is 22.3 Å². The lowest BCUT2D eigenvalue weighted by atomic mass is 9.89. The highest BCUT2D eigenvalue weighted by Gasteiger charge is 2.34. The Balaban J connectivity index is 1.37. The molecule has 0 saturated carbocycles. The number of aryl methyl sites for hydroxylation is 1. The topological polar surface area (TPSA) is 59.2 Å². The molecule has 2 N–H and O–H groups in total. The molecule has 1 aromatic rings. The van der Waals surface area contributed by atoms with Gasteiger partial charge in [-0.2, -0.15) is 0 Å². The van der Waals surface area contributed by atoms with Crippen molar-refractivity contribution >= 4 is 5.76 Å². The van der Waals surface area contributed by atoms with Crippen molar-refractivity contribution in [1.29, 1.82) is 0 Å². The van der Waals surface area contributed by atoms with Crippen LogP contribution in [0.25, 0.3) is 5.76 Å². The van der Waals surface area contributed by atoms with E-state index in [1.165, 1.54) is 31.4 Å². The SMILES string of the molecule is C1=COC2=C(CCc3[nH]c(CC4CC5CCC(C4)N5)nc32)O1. The normalized spacial score (nSPS) is 32.3. The van der Waals surface area contributed by atoms with Crippen LogP contribution in [0.4, 0.5) is 0 Å². The number of imidazole rings is 1. The van der Waals surface area contributed by atoms with Crippen LogP contribution in [0.2, 0.25) is 0 Å².